The number of carbonyl (C=O) groups excluding carboxylic acids is 2. The van der Waals surface area contributed by atoms with Crippen LogP contribution in [0.4, 0.5) is 5.69 Å². The highest BCUT2D eigenvalue weighted by atomic mass is 16.2. The maximum Gasteiger partial charge on any atom is 0.331 e. The first-order chi connectivity index (χ1) is 19.1. The molecule has 0 aliphatic carbocycles. The minimum Gasteiger partial charge on any atom is -0.387 e. The van der Waals surface area contributed by atoms with Crippen LogP contribution in [0.25, 0.3) is 28.1 Å². The van der Waals surface area contributed by atoms with Gasteiger partial charge in [-0.1, -0.05) is 32.0 Å². The minimum atomic E-state index is -0.457. The molecule has 10 nitrogen and oxygen atoms in total. The van der Waals surface area contributed by atoms with Crippen molar-refractivity contribution in [2.24, 2.45) is 17.8 Å². The number of amides is 2. The molecule has 210 valence electrons. The van der Waals surface area contributed by atoms with Gasteiger partial charge in [-0.15, -0.1) is 0 Å². The fourth-order valence-corrected chi connectivity index (χ4v) is 4.99. The SMILES string of the molecule is CCCN(CCC)C(=O)C1=Cc2ccc(-c3ccc4c(=O)n(CCNC(C)=O)c(=O)n(C)c4c3)cc2N=C(N)C1. The van der Waals surface area contributed by atoms with E-state index in [-0.39, 0.29) is 31.3 Å². The second kappa shape index (κ2) is 12.1. The lowest BCUT2D eigenvalue weighted by molar-refractivity contribution is -0.127. The normalized spacial score (nSPS) is 12.8. The molecule has 40 heavy (non-hydrogen) atoms. The van der Waals surface area contributed by atoms with E-state index in [2.05, 4.69) is 24.2 Å². The van der Waals surface area contributed by atoms with E-state index < -0.39 is 11.2 Å². The van der Waals surface area contributed by atoms with Crippen LogP contribution in [-0.2, 0) is 23.2 Å². The summed E-state index contributed by atoms with van der Waals surface area (Å²) in [6, 6.07) is 11.1. The average molecular weight is 545 g/mol. The summed E-state index contributed by atoms with van der Waals surface area (Å²) in [5, 5.41) is 3.02. The van der Waals surface area contributed by atoms with Crippen molar-refractivity contribution in [2.75, 3.05) is 19.6 Å². The average Bonchev–Trinajstić information content (AvgIpc) is 3.10. The first kappa shape index (κ1) is 28.5. The van der Waals surface area contributed by atoms with Gasteiger partial charge in [-0.2, -0.15) is 0 Å². The van der Waals surface area contributed by atoms with E-state index in [1.807, 2.05) is 35.2 Å². The lowest BCUT2D eigenvalue weighted by atomic mass is 10.00. The smallest absolute Gasteiger partial charge is 0.331 e. The summed E-state index contributed by atoms with van der Waals surface area (Å²) in [4.78, 5) is 57.0. The van der Waals surface area contributed by atoms with Crippen LogP contribution in [-0.4, -0.2) is 51.3 Å². The van der Waals surface area contributed by atoms with Gasteiger partial charge in [0.1, 0.15) is 5.84 Å². The van der Waals surface area contributed by atoms with Crippen LogP contribution in [0.2, 0.25) is 0 Å². The molecule has 4 rings (SSSR count). The zero-order chi connectivity index (χ0) is 29.0. The van der Waals surface area contributed by atoms with Crippen molar-refractivity contribution in [1.29, 1.82) is 0 Å². The van der Waals surface area contributed by atoms with E-state index in [0.29, 0.717) is 41.1 Å². The molecule has 1 aliphatic rings. The van der Waals surface area contributed by atoms with Crippen LogP contribution in [0.1, 0.15) is 45.6 Å². The zero-order valence-corrected chi connectivity index (χ0v) is 23.5. The van der Waals surface area contributed by atoms with E-state index in [9.17, 15) is 19.2 Å². The molecule has 0 bridgehead atoms. The third-order valence-electron chi connectivity index (χ3n) is 6.94. The van der Waals surface area contributed by atoms with Crippen LogP contribution in [0.15, 0.2) is 56.6 Å². The predicted octanol–water partition coefficient (Wildman–Crippen LogP) is 2.93. The number of amidine groups is 1. The molecule has 3 aromatic rings. The number of nitrogens with one attached hydrogen (secondary N) is 1. The largest absolute Gasteiger partial charge is 0.387 e. The Morgan fingerprint density at radius 1 is 1.05 bits per heavy atom. The quantitative estimate of drug-likeness (QED) is 0.428. The van der Waals surface area contributed by atoms with Gasteiger partial charge in [0, 0.05) is 57.7 Å². The molecule has 1 aliphatic heterocycles. The minimum absolute atomic E-state index is 0.0167. The van der Waals surface area contributed by atoms with Gasteiger partial charge in [-0.25, -0.2) is 9.79 Å². The van der Waals surface area contributed by atoms with E-state index in [1.165, 1.54) is 11.5 Å². The Hall–Kier alpha value is -4.47. The molecule has 0 saturated carbocycles. The van der Waals surface area contributed by atoms with Gasteiger partial charge in [-0.05, 0) is 48.2 Å². The number of nitrogens with zero attached hydrogens (tertiary/aromatic N) is 4. The maximum absolute atomic E-state index is 13.3. The molecule has 3 N–H and O–H groups in total. The first-order valence-electron chi connectivity index (χ1n) is 13.6. The monoisotopic (exact) mass is 544 g/mol. The number of nitrogens with two attached hydrogens (primary N) is 1. The predicted molar refractivity (Wildman–Crippen MR) is 159 cm³/mol. The summed E-state index contributed by atoms with van der Waals surface area (Å²) < 4.78 is 2.57. The van der Waals surface area contributed by atoms with Gasteiger partial charge in [0.15, 0.2) is 0 Å². The topological polar surface area (TPSA) is 132 Å². The Kier molecular flexibility index (Phi) is 8.67. The number of benzene rings is 2. The molecular formula is C30H36N6O4. The van der Waals surface area contributed by atoms with Crippen molar-refractivity contribution in [3.05, 3.63) is 68.4 Å². The van der Waals surface area contributed by atoms with Crippen LogP contribution < -0.4 is 22.3 Å². The molecule has 0 saturated heterocycles. The fourth-order valence-electron chi connectivity index (χ4n) is 4.99. The van der Waals surface area contributed by atoms with Gasteiger partial charge in [0.2, 0.25) is 11.8 Å². The zero-order valence-electron chi connectivity index (χ0n) is 23.5. The van der Waals surface area contributed by atoms with Gasteiger partial charge in [0.25, 0.3) is 5.56 Å². The summed E-state index contributed by atoms with van der Waals surface area (Å²) in [7, 11) is 1.62. The highest BCUT2D eigenvalue weighted by Gasteiger charge is 2.21. The molecule has 2 heterocycles. The highest BCUT2D eigenvalue weighted by molar-refractivity contribution is 6.05. The molecule has 2 amide bonds. The van der Waals surface area contributed by atoms with E-state index >= 15 is 0 Å². The van der Waals surface area contributed by atoms with Crippen molar-refractivity contribution in [3.8, 4) is 11.1 Å². The highest BCUT2D eigenvalue weighted by Crippen LogP contribution is 2.32. The summed E-state index contributed by atoms with van der Waals surface area (Å²) >= 11 is 0. The molecule has 0 fully saturated rings. The van der Waals surface area contributed by atoms with Crippen LogP contribution in [0.3, 0.4) is 0 Å². The van der Waals surface area contributed by atoms with E-state index in [4.69, 9.17) is 5.73 Å². The van der Waals surface area contributed by atoms with Crippen molar-refractivity contribution in [2.45, 2.75) is 46.6 Å². The van der Waals surface area contributed by atoms with Gasteiger partial charge in [-0.3, -0.25) is 23.5 Å². The van der Waals surface area contributed by atoms with Crippen LogP contribution in [0.5, 0.6) is 0 Å². The van der Waals surface area contributed by atoms with Crippen molar-refractivity contribution in [3.63, 3.8) is 0 Å². The number of aromatic nitrogens is 2. The Labute approximate surface area is 232 Å². The second-order valence-electron chi connectivity index (χ2n) is 10.0. The molecule has 0 unspecified atom stereocenters. The number of hydrogen-bond acceptors (Lipinski definition) is 6. The van der Waals surface area contributed by atoms with Crippen LogP contribution >= 0.6 is 0 Å². The van der Waals surface area contributed by atoms with Gasteiger partial charge in [0.05, 0.1) is 16.6 Å². The lowest BCUT2D eigenvalue weighted by Gasteiger charge is -2.22. The van der Waals surface area contributed by atoms with E-state index in [1.54, 1.807) is 19.2 Å². The summed E-state index contributed by atoms with van der Waals surface area (Å²) in [6.45, 7) is 7.14. The second-order valence-corrected chi connectivity index (χ2v) is 10.0. The first-order valence-corrected chi connectivity index (χ1v) is 13.6. The van der Waals surface area contributed by atoms with E-state index in [0.717, 1.165) is 34.1 Å². The standard InChI is InChI=1S/C30H36N6O4/c1-5-12-35(13-6-2)28(38)23-15-22-8-7-20(16-25(22)33-27(31)18-23)21-9-10-24-26(17-21)34(4)30(40)36(29(24)39)14-11-32-19(3)37/h7-10,15-17H,5-6,11-14,18H2,1-4H3,(H2,31,33)(H,32,37). The lowest BCUT2D eigenvalue weighted by Crippen LogP contribution is -2.41. The maximum atomic E-state index is 13.3. The molecule has 2 aromatic carbocycles. The summed E-state index contributed by atoms with van der Waals surface area (Å²) in [5.41, 5.74) is 9.59. The fraction of sp³-hybridized carbons (Fsp3) is 0.367. The number of carbonyl (C=O) groups is 2. The Balaban J connectivity index is 1.71. The van der Waals surface area contributed by atoms with Crippen LogP contribution in [0, 0.1) is 0 Å². The van der Waals surface area contributed by atoms with Crippen molar-refractivity contribution in [1.82, 2.24) is 19.4 Å². The molecule has 0 spiro atoms. The third-order valence-corrected chi connectivity index (χ3v) is 6.94. The molecule has 10 heteroatoms. The Bertz CT molecular complexity index is 1640. The van der Waals surface area contributed by atoms with Crippen molar-refractivity contribution < 1.29 is 9.59 Å². The number of hydrogen-bond donors (Lipinski definition) is 2. The summed E-state index contributed by atoms with van der Waals surface area (Å²) in [5.74, 6) is 0.122. The Morgan fingerprint density at radius 3 is 2.40 bits per heavy atom. The Morgan fingerprint density at radius 2 is 1.73 bits per heavy atom. The number of fused-ring (bicyclic) bond motifs is 2. The van der Waals surface area contributed by atoms with Gasteiger partial charge < -0.3 is 16.0 Å². The number of aliphatic imine (C=N–C) groups is 1. The molecule has 0 radical (unpaired) electrons. The summed E-state index contributed by atoms with van der Waals surface area (Å²) in [6.07, 6.45) is 3.91. The third kappa shape index (κ3) is 5.90. The molecular weight excluding hydrogens is 508 g/mol. The van der Waals surface area contributed by atoms with Crippen molar-refractivity contribution >= 4 is 40.3 Å². The molecule has 0 atom stereocenters. The molecule has 1 aromatic heterocycles. The number of aryl methyl sites for hydroxylation is 1. The number of rotatable bonds is 9. The van der Waals surface area contributed by atoms with Gasteiger partial charge >= 0.3 is 5.69 Å².